The first kappa shape index (κ1) is 14.1. The van der Waals surface area contributed by atoms with Crippen molar-refractivity contribution in [1.82, 2.24) is 4.72 Å². The molecule has 0 bridgehead atoms. The van der Waals surface area contributed by atoms with Crippen LogP contribution in [0.1, 0.15) is 31.2 Å². The molecule has 1 aliphatic carbocycles. The number of nitrogens with one attached hydrogen (secondary N) is 1. The highest BCUT2D eigenvalue weighted by molar-refractivity contribution is 7.89. The fourth-order valence-corrected chi connectivity index (χ4v) is 3.25. The molecule has 4 nitrogen and oxygen atoms in total. The Labute approximate surface area is 114 Å². The van der Waals surface area contributed by atoms with E-state index in [-0.39, 0.29) is 4.90 Å². The summed E-state index contributed by atoms with van der Waals surface area (Å²) in [5.41, 5.74) is 8.48. The van der Waals surface area contributed by atoms with Gasteiger partial charge in [-0.25, -0.2) is 13.1 Å². The van der Waals surface area contributed by atoms with E-state index in [4.69, 9.17) is 5.73 Å². The van der Waals surface area contributed by atoms with Crippen LogP contribution in [0.5, 0.6) is 0 Å². The number of nitrogen functional groups attached to an aromatic ring is 1. The zero-order valence-electron chi connectivity index (χ0n) is 11.1. The molecule has 1 aromatic carbocycles. The largest absolute Gasteiger partial charge is 0.398 e. The Morgan fingerprint density at radius 2 is 2.16 bits per heavy atom. The van der Waals surface area contributed by atoms with Crippen LogP contribution in [-0.2, 0) is 10.0 Å². The summed E-state index contributed by atoms with van der Waals surface area (Å²) in [6, 6.07) is 4.82. The summed E-state index contributed by atoms with van der Waals surface area (Å²) in [7, 11) is -3.45. The molecule has 0 aliphatic heterocycles. The number of benzene rings is 1. The number of anilines is 1. The molecular formula is C14H20N2O2S. The van der Waals surface area contributed by atoms with Gasteiger partial charge in [-0.3, -0.25) is 0 Å². The Bertz CT molecular complexity index is 591. The fraction of sp³-hybridized carbons (Fsp3) is 0.429. The number of aryl methyl sites for hydroxylation is 1. The molecule has 5 heteroatoms. The molecule has 0 heterocycles. The van der Waals surface area contributed by atoms with Crippen LogP contribution in [0.4, 0.5) is 5.69 Å². The molecule has 0 fully saturated rings. The van der Waals surface area contributed by atoms with Crippen molar-refractivity contribution in [3.63, 3.8) is 0 Å². The second kappa shape index (κ2) is 5.75. The van der Waals surface area contributed by atoms with Crippen LogP contribution in [0.15, 0.2) is 34.7 Å². The number of allylic oxidation sites excluding steroid dienone is 1. The monoisotopic (exact) mass is 280 g/mol. The van der Waals surface area contributed by atoms with Crippen molar-refractivity contribution in [3.05, 3.63) is 35.4 Å². The van der Waals surface area contributed by atoms with E-state index < -0.39 is 10.0 Å². The van der Waals surface area contributed by atoms with E-state index in [1.54, 1.807) is 12.1 Å². The van der Waals surface area contributed by atoms with Gasteiger partial charge in [-0.15, -0.1) is 0 Å². The third kappa shape index (κ3) is 3.58. The Hall–Kier alpha value is -1.33. The Morgan fingerprint density at radius 1 is 1.37 bits per heavy atom. The maximum absolute atomic E-state index is 12.1. The molecule has 19 heavy (non-hydrogen) atoms. The van der Waals surface area contributed by atoms with Gasteiger partial charge < -0.3 is 5.73 Å². The summed E-state index contributed by atoms with van der Waals surface area (Å²) in [6.07, 6.45) is 6.41. The SMILES string of the molecule is Cc1ccc(S(=O)(=O)NCCC2=CCCC2)cc1N. The lowest BCUT2D eigenvalue weighted by molar-refractivity contribution is 0.581. The Balaban J connectivity index is 1.99. The average Bonchev–Trinajstić information content (AvgIpc) is 2.85. The van der Waals surface area contributed by atoms with E-state index in [1.165, 1.54) is 18.1 Å². The van der Waals surface area contributed by atoms with Crippen LogP contribution in [0.25, 0.3) is 0 Å². The summed E-state index contributed by atoms with van der Waals surface area (Å²) in [5, 5.41) is 0. The highest BCUT2D eigenvalue weighted by Gasteiger charge is 2.14. The summed E-state index contributed by atoms with van der Waals surface area (Å²) < 4.78 is 26.8. The Morgan fingerprint density at radius 3 is 2.79 bits per heavy atom. The number of sulfonamides is 1. The first-order chi connectivity index (χ1) is 8.99. The number of hydrogen-bond donors (Lipinski definition) is 2. The van der Waals surface area contributed by atoms with Crippen LogP contribution in [-0.4, -0.2) is 15.0 Å². The maximum atomic E-state index is 12.1. The van der Waals surface area contributed by atoms with Gasteiger partial charge in [-0.05, 0) is 50.3 Å². The number of nitrogens with two attached hydrogens (primary N) is 1. The van der Waals surface area contributed by atoms with Crippen molar-refractivity contribution in [2.24, 2.45) is 0 Å². The normalized spacial score (nSPS) is 15.5. The predicted molar refractivity (Wildman–Crippen MR) is 77.3 cm³/mol. The minimum atomic E-state index is -3.45. The maximum Gasteiger partial charge on any atom is 0.240 e. The molecule has 0 atom stereocenters. The van der Waals surface area contributed by atoms with Crippen molar-refractivity contribution < 1.29 is 8.42 Å². The van der Waals surface area contributed by atoms with Gasteiger partial charge in [0.2, 0.25) is 10.0 Å². The molecule has 0 saturated carbocycles. The minimum Gasteiger partial charge on any atom is -0.398 e. The molecule has 0 radical (unpaired) electrons. The van der Waals surface area contributed by atoms with Crippen LogP contribution in [0.3, 0.4) is 0 Å². The van der Waals surface area contributed by atoms with Gasteiger partial charge in [-0.1, -0.05) is 17.7 Å². The molecule has 0 spiro atoms. The number of hydrogen-bond acceptors (Lipinski definition) is 3. The molecule has 1 aromatic rings. The summed E-state index contributed by atoms with van der Waals surface area (Å²) in [4.78, 5) is 0.232. The average molecular weight is 280 g/mol. The van der Waals surface area contributed by atoms with E-state index in [1.807, 2.05) is 6.92 Å². The minimum absolute atomic E-state index is 0.232. The van der Waals surface area contributed by atoms with Gasteiger partial charge >= 0.3 is 0 Å². The molecular weight excluding hydrogens is 260 g/mol. The highest BCUT2D eigenvalue weighted by atomic mass is 32.2. The lowest BCUT2D eigenvalue weighted by Gasteiger charge is -2.09. The zero-order chi connectivity index (χ0) is 13.9. The summed E-state index contributed by atoms with van der Waals surface area (Å²) in [5.74, 6) is 0. The quantitative estimate of drug-likeness (QED) is 0.642. The van der Waals surface area contributed by atoms with Crippen LogP contribution >= 0.6 is 0 Å². The summed E-state index contributed by atoms with van der Waals surface area (Å²) in [6.45, 7) is 2.30. The lowest BCUT2D eigenvalue weighted by Crippen LogP contribution is -2.25. The molecule has 104 valence electrons. The van der Waals surface area contributed by atoms with E-state index in [2.05, 4.69) is 10.8 Å². The van der Waals surface area contributed by atoms with Crippen LogP contribution < -0.4 is 10.5 Å². The second-order valence-corrected chi connectivity index (χ2v) is 6.69. The van der Waals surface area contributed by atoms with Gasteiger partial charge in [0.15, 0.2) is 0 Å². The molecule has 0 saturated heterocycles. The first-order valence-corrected chi connectivity index (χ1v) is 8.01. The van der Waals surface area contributed by atoms with Crippen LogP contribution in [0.2, 0.25) is 0 Å². The highest BCUT2D eigenvalue weighted by Crippen LogP contribution is 2.20. The third-order valence-electron chi connectivity index (χ3n) is 3.43. The van der Waals surface area contributed by atoms with Crippen molar-refractivity contribution in [2.75, 3.05) is 12.3 Å². The van der Waals surface area contributed by atoms with E-state index in [9.17, 15) is 8.42 Å². The topological polar surface area (TPSA) is 72.2 Å². The standard InChI is InChI=1S/C14H20N2O2S/c1-11-6-7-13(10-14(11)15)19(17,18)16-9-8-12-4-2-3-5-12/h4,6-7,10,16H,2-3,5,8-9,15H2,1H3. The Kier molecular flexibility index (Phi) is 4.27. The van der Waals surface area contributed by atoms with Crippen molar-refractivity contribution >= 4 is 15.7 Å². The predicted octanol–water partition coefficient (Wildman–Crippen LogP) is 2.36. The fourth-order valence-electron chi connectivity index (χ4n) is 2.18. The molecule has 3 N–H and O–H groups in total. The first-order valence-electron chi connectivity index (χ1n) is 6.53. The van der Waals surface area contributed by atoms with Gasteiger partial charge in [0.25, 0.3) is 0 Å². The second-order valence-electron chi connectivity index (χ2n) is 4.92. The van der Waals surface area contributed by atoms with Gasteiger partial charge in [0.1, 0.15) is 0 Å². The molecule has 0 unspecified atom stereocenters. The van der Waals surface area contributed by atoms with Gasteiger partial charge in [0.05, 0.1) is 4.90 Å². The third-order valence-corrected chi connectivity index (χ3v) is 4.89. The van der Waals surface area contributed by atoms with Gasteiger partial charge in [-0.2, -0.15) is 0 Å². The van der Waals surface area contributed by atoms with E-state index >= 15 is 0 Å². The smallest absolute Gasteiger partial charge is 0.240 e. The molecule has 2 rings (SSSR count). The summed E-state index contributed by atoms with van der Waals surface area (Å²) >= 11 is 0. The van der Waals surface area contributed by atoms with Crippen molar-refractivity contribution in [2.45, 2.75) is 37.5 Å². The van der Waals surface area contributed by atoms with Gasteiger partial charge in [0, 0.05) is 12.2 Å². The van der Waals surface area contributed by atoms with Crippen molar-refractivity contribution in [3.8, 4) is 0 Å². The molecule has 1 aliphatic rings. The number of rotatable bonds is 5. The zero-order valence-corrected chi connectivity index (χ0v) is 12.0. The molecule has 0 aromatic heterocycles. The van der Waals surface area contributed by atoms with Crippen LogP contribution in [0, 0.1) is 6.92 Å². The van der Waals surface area contributed by atoms with E-state index in [0.717, 1.165) is 24.8 Å². The lowest BCUT2D eigenvalue weighted by atomic mass is 10.2. The molecule has 0 amide bonds. The van der Waals surface area contributed by atoms with Crippen molar-refractivity contribution in [1.29, 1.82) is 0 Å². The van der Waals surface area contributed by atoms with E-state index in [0.29, 0.717) is 12.2 Å².